The van der Waals surface area contributed by atoms with E-state index in [0.29, 0.717) is 19.8 Å². The van der Waals surface area contributed by atoms with Crippen LogP contribution in [0, 0.1) is 0 Å². The van der Waals surface area contributed by atoms with Crippen molar-refractivity contribution in [2.45, 2.75) is 156 Å². The summed E-state index contributed by atoms with van der Waals surface area (Å²) >= 11 is 0. The highest BCUT2D eigenvalue weighted by molar-refractivity contribution is 7.48. The van der Waals surface area contributed by atoms with Crippen LogP contribution in [-0.4, -0.2) is 19.8 Å². The lowest BCUT2D eigenvalue weighted by Crippen LogP contribution is -2.04. The van der Waals surface area contributed by atoms with Gasteiger partial charge in [-0.15, -0.1) is 0 Å². The highest BCUT2D eigenvalue weighted by Gasteiger charge is 2.25. The van der Waals surface area contributed by atoms with Gasteiger partial charge in [0.1, 0.15) is 0 Å². The van der Waals surface area contributed by atoms with Gasteiger partial charge in [0.2, 0.25) is 0 Å². The molecule has 0 N–H and O–H groups in total. The van der Waals surface area contributed by atoms with Crippen LogP contribution in [0.5, 0.6) is 0 Å². The third-order valence-corrected chi connectivity index (χ3v) is 7.44. The highest BCUT2D eigenvalue weighted by Crippen LogP contribution is 2.49. The number of phosphoric ester groups is 1. The quantitative estimate of drug-likeness (QED) is 0.0873. The Morgan fingerprint density at radius 3 is 0.969 bits per heavy atom. The van der Waals surface area contributed by atoms with Crippen LogP contribution in [0.15, 0.2) is 0 Å². The third kappa shape index (κ3) is 23.3. The molecule has 0 saturated heterocycles. The van der Waals surface area contributed by atoms with Crippen LogP contribution < -0.4 is 0 Å². The summed E-state index contributed by atoms with van der Waals surface area (Å²) in [7, 11) is -3.39. The van der Waals surface area contributed by atoms with Crippen LogP contribution >= 0.6 is 7.82 Å². The second kappa shape index (κ2) is 25.7. The zero-order valence-corrected chi connectivity index (χ0v) is 22.9. The average Bonchev–Trinajstić information content (AvgIpc) is 2.80. The summed E-state index contributed by atoms with van der Waals surface area (Å²) in [6, 6.07) is 0. The predicted octanol–water partition coefficient (Wildman–Crippen LogP) is 10.4. The number of rotatable bonds is 27. The lowest BCUT2D eigenvalue weighted by atomic mass is 10.1. The van der Waals surface area contributed by atoms with Gasteiger partial charge in [-0.25, -0.2) is 4.57 Å². The smallest absolute Gasteiger partial charge is 0.287 e. The summed E-state index contributed by atoms with van der Waals surface area (Å²) in [6.45, 7) is 7.89. The Balaban J connectivity index is 3.70. The Bertz CT molecular complexity index is 373. The van der Waals surface area contributed by atoms with Crippen molar-refractivity contribution < 1.29 is 18.1 Å². The molecule has 0 atom stereocenters. The number of hydrogen-bond donors (Lipinski definition) is 0. The normalized spacial score (nSPS) is 12.0. The van der Waals surface area contributed by atoms with Crippen LogP contribution in [0.1, 0.15) is 156 Å². The van der Waals surface area contributed by atoms with E-state index in [2.05, 4.69) is 13.8 Å². The van der Waals surface area contributed by atoms with Crippen molar-refractivity contribution in [2.24, 2.45) is 0 Å². The summed E-state index contributed by atoms with van der Waals surface area (Å²) in [6.07, 6.45) is 26.3. The highest BCUT2D eigenvalue weighted by atomic mass is 31.2. The monoisotopic (exact) mass is 476 g/mol. The lowest BCUT2D eigenvalue weighted by molar-refractivity contribution is 0.110. The van der Waals surface area contributed by atoms with E-state index in [1.54, 1.807) is 0 Å². The number of unbranched alkanes of at least 4 members (excludes halogenated alkanes) is 18. The molecule has 0 aromatic carbocycles. The van der Waals surface area contributed by atoms with E-state index in [1.807, 2.05) is 6.92 Å². The zero-order valence-electron chi connectivity index (χ0n) is 22.1. The first kappa shape index (κ1) is 32.1. The maximum atomic E-state index is 12.8. The van der Waals surface area contributed by atoms with E-state index in [4.69, 9.17) is 13.6 Å². The van der Waals surface area contributed by atoms with Crippen molar-refractivity contribution in [3.05, 3.63) is 0 Å². The maximum Gasteiger partial charge on any atom is 0.474 e. The molecule has 0 rings (SSSR count). The molecule has 32 heavy (non-hydrogen) atoms. The lowest BCUT2D eigenvalue weighted by Gasteiger charge is -2.17. The largest absolute Gasteiger partial charge is 0.474 e. The van der Waals surface area contributed by atoms with Gasteiger partial charge in [-0.05, 0) is 19.3 Å². The molecule has 4 nitrogen and oxygen atoms in total. The van der Waals surface area contributed by atoms with E-state index in [0.717, 1.165) is 32.1 Å². The molecule has 0 spiro atoms. The van der Waals surface area contributed by atoms with E-state index in [1.165, 1.54) is 103 Å². The van der Waals surface area contributed by atoms with Crippen molar-refractivity contribution in [3.8, 4) is 0 Å². The Morgan fingerprint density at radius 1 is 0.375 bits per heavy atom. The van der Waals surface area contributed by atoms with E-state index in [9.17, 15) is 4.57 Å². The third-order valence-electron chi connectivity index (χ3n) is 5.95. The van der Waals surface area contributed by atoms with Gasteiger partial charge in [0.05, 0.1) is 19.8 Å². The maximum absolute atomic E-state index is 12.8. The van der Waals surface area contributed by atoms with E-state index >= 15 is 0 Å². The van der Waals surface area contributed by atoms with Crippen LogP contribution in [0.3, 0.4) is 0 Å². The zero-order chi connectivity index (χ0) is 23.6. The van der Waals surface area contributed by atoms with E-state index in [-0.39, 0.29) is 0 Å². The van der Waals surface area contributed by atoms with Crippen molar-refractivity contribution in [1.82, 2.24) is 0 Å². The summed E-state index contributed by atoms with van der Waals surface area (Å²) in [5.74, 6) is 0. The molecule has 194 valence electrons. The number of hydrogen-bond acceptors (Lipinski definition) is 4. The van der Waals surface area contributed by atoms with Crippen LogP contribution in [0.2, 0.25) is 0 Å². The summed E-state index contributed by atoms with van der Waals surface area (Å²) in [5.41, 5.74) is 0. The Hall–Kier alpha value is 0.110. The molecule has 0 unspecified atom stereocenters. The standard InChI is InChI=1S/C27H57O4P/c1-4-7-9-11-13-15-17-19-21-23-26-30-32(28,29-25-6-3)31-27-24-22-20-18-16-14-12-10-8-5-2/h4-27H2,1-3H3. The molecule has 0 heterocycles. The Kier molecular flexibility index (Phi) is 25.8. The molecular weight excluding hydrogens is 419 g/mol. The van der Waals surface area contributed by atoms with E-state index < -0.39 is 7.82 Å². The minimum Gasteiger partial charge on any atom is -0.287 e. The molecule has 0 bridgehead atoms. The van der Waals surface area contributed by atoms with Gasteiger partial charge in [-0.3, -0.25) is 13.6 Å². The Labute approximate surface area is 201 Å². The van der Waals surface area contributed by atoms with Gasteiger partial charge in [-0.2, -0.15) is 0 Å². The number of phosphoric acid groups is 1. The second-order valence-corrected chi connectivity index (χ2v) is 11.0. The predicted molar refractivity (Wildman–Crippen MR) is 139 cm³/mol. The van der Waals surface area contributed by atoms with Crippen molar-refractivity contribution in [2.75, 3.05) is 19.8 Å². The molecule has 0 aromatic rings. The molecule has 0 amide bonds. The van der Waals surface area contributed by atoms with Gasteiger partial charge >= 0.3 is 7.82 Å². The summed E-state index contributed by atoms with van der Waals surface area (Å²) < 4.78 is 29.5. The van der Waals surface area contributed by atoms with Crippen LogP contribution in [-0.2, 0) is 18.1 Å². The van der Waals surface area contributed by atoms with Crippen molar-refractivity contribution in [1.29, 1.82) is 0 Å². The Morgan fingerprint density at radius 2 is 0.656 bits per heavy atom. The second-order valence-electron chi connectivity index (χ2n) is 9.31. The molecule has 0 saturated carbocycles. The van der Waals surface area contributed by atoms with Crippen LogP contribution in [0.25, 0.3) is 0 Å². The van der Waals surface area contributed by atoms with Gasteiger partial charge in [0.25, 0.3) is 0 Å². The average molecular weight is 477 g/mol. The molecule has 0 aliphatic heterocycles. The minimum atomic E-state index is -3.39. The fourth-order valence-corrected chi connectivity index (χ4v) is 5.18. The first-order valence-electron chi connectivity index (χ1n) is 14.2. The molecule has 0 aliphatic carbocycles. The first-order valence-corrected chi connectivity index (χ1v) is 15.7. The molecule has 0 radical (unpaired) electrons. The molecular formula is C27H57O4P. The first-order chi connectivity index (χ1) is 15.7. The molecule has 0 aromatic heterocycles. The molecule has 0 fully saturated rings. The fourth-order valence-electron chi connectivity index (χ4n) is 3.85. The minimum absolute atomic E-state index is 0.424. The topological polar surface area (TPSA) is 44.8 Å². The van der Waals surface area contributed by atoms with Gasteiger partial charge in [-0.1, -0.05) is 136 Å². The SMILES string of the molecule is CCCCCCCCCCCCOP(=O)(OCCC)OCCCCCCCCCCCC. The fraction of sp³-hybridized carbons (Fsp3) is 1.00. The van der Waals surface area contributed by atoms with Gasteiger partial charge < -0.3 is 0 Å². The molecule has 5 heteroatoms. The molecule has 0 aliphatic rings. The van der Waals surface area contributed by atoms with Crippen molar-refractivity contribution in [3.63, 3.8) is 0 Å². The van der Waals surface area contributed by atoms with Gasteiger partial charge in [0, 0.05) is 0 Å². The van der Waals surface area contributed by atoms with Crippen LogP contribution in [0.4, 0.5) is 0 Å². The van der Waals surface area contributed by atoms with Gasteiger partial charge in [0.15, 0.2) is 0 Å². The summed E-state index contributed by atoms with van der Waals surface area (Å²) in [5, 5.41) is 0. The van der Waals surface area contributed by atoms with Crippen molar-refractivity contribution >= 4 is 7.82 Å². The summed E-state index contributed by atoms with van der Waals surface area (Å²) in [4.78, 5) is 0.